The van der Waals surface area contributed by atoms with Crippen molar-refractivity contribution in [3.63, 3.8) is 0 Å². The zero-order valence-electron chi connectivity index (χ0n) is 14.1. The Bertz CT molecular complexity index is 805. The molecule has 0 unspecified atom stereocenters. The van der Waals surface area contributed by atoms with E-state index in [-0.39, 0.29) is 11.3 Å². The van der Waals surface area contributed by atoms with Crippen molar-refractivity contribution in [2.45, 2.75) is 27.2 Å². The van der Waals surface area contributed by atoms with Gasteiger partial charge in [0.2, 0.25) is 0 Å². The molecular weight excluding hydrogens is 300 g/mol. The fourth-order valence-electron chi connectivity index (χ4n) is 2.41. The molecule has 122 valence electrons. The maximum absolute atomic E-state index is 12.3. The highest BCUT2D eigenvalue weighted by Gasteiger charge is 2.10. The number of benzene rings is 2. The average Bonchev–Trinajstić information content (AvgIpc) is 2.58. The lowest BCUT2D eigenvalue weighted by Crippen LogP contribution is -2.13. The van der Waals surface area contributed by atoms with Gasteiger partial charge in [0.15, 0.2) is 0 Å². The van der Waals surface area contributed by atoms with Crippen LogP contribution in [0.25, 0.3) is 6.08 Å². The Labute approximate surface area is 142 Å². The van der Waals surface area contributed by atoms with Crippen LogP contribution in [0.3, 0.4) is 0 Å². The van der Waals surface area contributed by atoms with E-state index >= 15 is 0 Å². The number of nitrogens with one attached hydrogen (secondary N) is 1. The van der Waals surface area contributed by atoms with Gasteiger partial charge in [0.25, 0.3) is 5.91 Å². The van der Waals surface area contributed by atoms with E-state index in [1.807, 2.05) is 30.3 Å². The number of hydrogen-bond acceptors (Lipinski definition) is 3. The summed E-state index contributed by atoms with van der Waals surface area (Å²) in [6.07, 6.45) is 2.45. The molecule has 0 aliphatic carbocycles. The topological polar surface area (TPSA) is 73.1 Å². The lowest BCUT2D eigenvalue weighted by Gasteiger charge is -2.07. The first-order valence-corrected chi connectivity index (χ1v) is 7.77. The summed E-state index contributed by atoms with van der Waals surface area (Å²) in [7, 11) is 0. The molecule has 0 aliphatic rings. The number of nitrogens with zero attached hydrogens (tertiary/aromatic N) is 1. The molecule has 2 rings (SSSR count). The Balaban J connectivity index is 2.23. The van der Waals surface area contributed by atoms with Crippen LogP contribution in [0.4, 0.5) is 5.69 Å². The van der Waals surface area contributed by atoms with Gasteiger partial charge in [0, 0.05) is 5.69 Å². The summed E-state index contributed by atoms with van der Waals surface area (Å²) >= 11 is 0. The Morgan fingerprint density at radius 2 is 1.79 bits per heavy atom. The van der Waals surface area contributed by atoms with Crippen LogP contribution in [-0.2, 0) is 11.2 Å². The molecule has 24 heavy (non-hydrogen) atoms. The van der Waals surface area contributed by atoms with Gasteiger partial charge in [0.05, 0.1) is 0 Å². The third kappa shape index (κ3) is 4.02. The lowest BCUT2D eigenvalue weighted by molar-refractivity contribution is -0.112. The Hall–Kier alpha value is -3.06. The maximum atomic E-state index is 12.3. The van der Waals surface area contributed by atoms with Crippen LogP contribution in [0.5, 0.6) is 5.75 Å². The van der Waals surface area contributed by atoms with Crippen LogP contribution in [-0.4, -0.2) is 11.0 Å². The summed E-state index contributed by atoms with van der Waals surface area (Å²) in [5, 5.41) is 21.8. The summed E-state index contributed by atoms with van der Waals surface area (Å²) in [5.74, 6) is -0.226. The summed E-state index contributed by atoms with van der Waals surface area (Å²) < 4.78 is 0. The second-order valence-electron chi connectivity index (χ2n) is 5.68. The molecule has 0 saturated carbocycles. The second-order valence-corrected chi connectivity index (χ2v) is 5.68. The van der Waals surface area contributed by atoms with Gasteiger partial charge in [-0.2, -0.15) is 5.26 Å². The highest BCUT2D eigenvalue weighted by atomic mass is 16.3. The fourth-order valence-corrected chi connectivity index (χ4v) is 2.41. The van der Waals surface area contributed by atoms with E-state index in [0.717, 1.165) is 6.42 Å². The first-order valence-electron chi connectivity index (χ1n) is 7.77. The van der Waals surface area contributed by atoms with Gasteiger partial charge >= 0.3 is 0 Å². The van der Waals surface area contributed by atoms with Crippen molar-refractivity contribution in [3.8, 4) is 11.8 Å². The van der Waals surface area contributed by atoms with E-state index in [4.69, 9.17) is 0 Å². The van der Waals surface area contributed by atoms with Crippen molar-refractivity contribution >= 4 is 17.7 Å². The fraction of sp³-hybridized carbons (Fsp3) is 0.200. The van der Waals surface area contributed by atoms with Gasteiger partial charge in [0.1, 0.15) is 17.4 Å². The molecule has 0 bridgehead atoms. The molecular formula is C20H20N2O2. The molecule has 0 heterocycles. The molecule has 2 N–H and O–H groups in total. The molecule has 0 fully saturated rings. The first kappa shape index (κ1) is 17.3. The Morgan fingerprint density at radius 3 is 2.29 bits per heavy atom. The number of aryl methyl sites for hydroxylation is 3. The largest absolute Gasteiger partial charge is 0.507 e. The van der Waals surface area contributed by atoms with E-state index < -0.39 is 5.91 Å². The molecule has 1 amide bonds. The number of carbonyl (C=O) groups is 1. The number of hydrogen-bond donors (Lipinski definition) is 2. The minimum atomic E-state index is -0.454. The smallest absolute Gasteiger partial charge is 0.266 e. The number of aromatic hydroxyl groups is 1. The van der Waals surface area contributed by atoms with E-state index in [2.05, 4.69) is 12.2 Å². The van der Waals surface area contributed by atoms with Gasteiger partial charge in [-0.15, -0.1) is 0 Å². The van der Waals surface area contributed by atoms with Crippen molar-refractivity contribution < 1.29 is 9.90 Å². The van der Waals surface area contributed by atoms with Crippen molar-refractivity contribution in [3.05, 3.63) is 64.2 Å². The average molecular weight is 320 g/mol. The predicted molar refractivity (Wildman–Crippen MR) is 95.6 cm³/mol. The Kier molecular flexibility index (Phi) is 5.39. The van der Waals surface area contributed by atoms with Crippen LogP contribution >= 0.6 is 0 Å². The number of phenolic OH excluding ortho intramolecular Hbond substituents is 1. The number of nitriles is 1. The van der Waals surface area contributed by atoms with Gasteiger partial charge in [-0.25, -0.2) is 0 Å². The van der Waals surface area contributed by atoms with Gasteiger partial charge in [-0.1, -0.05) is 19.1 Å². The number of carbonyl (C=O) groups excluding carboxylic acids is 1. The SMILES string of the molecule is CCc1ccc(NC(=O)C(C#N)=Cc2cc(C)c(O)c(C)c2)cc1. The second kappa shape index (κ2) is 7.47. The molecule has 0 aromatic heterocycles. The molecule has 4 heteroatoms. The highest BCUT2D eigenvalue weighted by molar-refractivity contribution is 6.09. The normalized spacial score (nSPS) is 11.0. The summed E-state index contributed by atoms with van der Waals surface area (Å²) in [6, 6.07) is 12.9. The lowest BCUT2D eigenvalue weighted by atomic mass is 10.0. The van der Waals surface area contributed by atoms with Gasteiger partial charge in [-0.05, 0) is 72.9 Å². The molecule has 4 nitrogen and oxygen atoms in total. The molecule has 0 spiro atoms. The van der Waals surface area contributed by atoms with Crippen LogP contribution in [0.15, 0.2) is 42.0 Å². The van der Waals surface area contributed by atoms with Crippen molar-refractivity contribution in [2.24, 2.45) is 0 Å². The van der Waals surface area contributed by atoms with Crippen LogP contribution in [0.1, 0.15) is 29.2 Å². The molecule has 2 aromatic rings. The minimum absolute atomic E-state index is 0.0130. The van der Waals surface area contributed by atoms with Crippen molar-refractivity contribution in [2.75, 3.05) is 5.32 Å². The maximum Gasteiger partial charge on any atom is 0.266 e. The minimum Gasteiger partial charge on any atom is -0.507 e. The van der Waals surface area contributed by atoms with E-state index in [9.17, 15) is 15.2 Å². The van der Waals surface area contributed by atoms with Crippen LogP contribution in [0, 0.1) is 25.2 Å². The predicted octanol–water partition coefficient (Wildman–Crippen LogP) is 4.12. The standard InChI is InChI=1S/C20H20N2O2/c1-4-15-5-7-18(8-6-15)22-20(24)17(12-21)11-16-9-13(2)19(23)14(3)10-16/h5-11,23H,4H2,1-3H3,(H,22,24). The highest BCUT2D eigenvalue weighted by Crippen LogP contribution is 2.24. The van der Waals surface area contributed by atoms with Crippen molar-refractivity contribution in [1.29, 1.82) is 5.26 Å². The Morgan fingerprint density at radius 1 is 1.21 bits per heavy atom. The monoisotopic (exact) mass is 320 g/mol. The first-order chi connectivity index (χ1) is 11.4. The zero-order chi connectivity index (χ0) is 17.7. The summed E-state index contributed by atoms with van der Waals surface area (Å²) in [6.45, 7) is 5.62. The quantitative estimate of drug-likeness (QED) is 0.657. The number of rotatable bonds is 4. The molecule has 2 aromatic carbocycles. The van der Waals surface area contributed by atoms with Gasteiger partial charge < -0.3 is 10.4 Å². The molecule has 0 atom stereocenters. The molecule has 0 radical (unpaired) electrons. The summed E-state index contributed by atoms with van der Waals surface area (Å²) in [4.78, 5) is 12.3. The third-order valence-corrected chi connectivity index (χ3v) is 3.81. The number of amides is 1. The van der Waals surface area contributed by atoms with Crippen LogP contribution in [0.2, 0.25) is 0 Å². The summed E-state index contributed by atoms with van der Waals surface area (Å²) in [5.41, 5.74) is 3.95. The molecule has 0 aliphatic heterocycles. The van der Waals surface area contributed by atoms with Crippen LogP contribution < -0.4 is 5.32 Å². The van der Waals surface area contributed by atoms with E-state index in [0.29, 0.717) is 22.4 Å². The molecule has 0 saturated heterocycles. The third-order valence-electron chi connectivity index (χ3n) is 3.81. The van der Waals surface area contributed by atoms with E-state index in [1.165, 1.54) is 11.6 Å². The number of phenols is 1. The zero-order valence-corrected chi connectivity index (χ0v) is 14.1. The number of anilines is 1. The van der Waals surface area contributed by atoms with E-state index in [1.54, 1.807) is 26.0 Å². The van der Waals surface area contributed by atoms with Crippen molar-refractivity contribution in [1.82, 2.24) is 0 Å². The van der Waals surface area contributed by atoms with Gasteiger partial charge in [-0.3, -0.25) is 4.79 Å².